The third kappa shape index (κ3) is 5.16. The zero-order valence-electron chi connectivity index (χ0n) is 14.5. The Bertz CT molecular complexity index is 650. The van der Waals surface area contributed by atoms with Crippen LogP contribution < -0.4 is 5.32 Å². The Kier molecular flexibility index (Phi) is 6.49. The summed E-state index contributed by atoms with van der Waals surface area (Å²) in [5.41, 5.74) is 2.03. The van der Waals surface area contributed by atoms with Crippen LogP contribution in [0.2, 0.25) is 0 Å². The molecule has 0 spiro atoms. The topological polar surface area (TPSA) is 88.2 Å². The van der Waals surface area contributed by atoms with E-state index in [0.29, 0.717) is 24.6 Å². The van der Waals surface area contributed by atoms with Crippen molar-refractivity contribution >= 4 is 5.91 Å². The third-order valence-corrected chi connectivity index (χ3v) is 3.92. The number of amides is 1. The molecule has 0 aliphatic carbocycles. The number of nitrogens with one attached hydrogen (secondary N) is 1. The van der Waals surface area contributed by atoms with Crippen LogP contribution in [0.1, 0.15) is 38.1 Å². The number of benzene rings is 1. The van der Waals surface area contributed by atoms with Crippen molar-refractivity contribution in [2.45, 2.75) is 46.1 Å². The summed E-state index contributed by atoms with van der Waals surface area (Å²) in [7, 11) is 0. The first-order valence-corrected chi connectivity index (χ1v) is 8.29. The number of carbonyl (C=O) groups excluding carboxylic acids is 1. The lowest BCUT2D eigenvalue weighted by Gasteiger charge is -2.21. The van der Waals surface area contributed by atoms with Gasteiger partial charge < -0.3 is 14.8 Å². The molecule has 2 N–H and O–H groups in total. The first kappa shape index (κ1) is 18.1. The van der Waals surface area contributed by atoms with Gasteiger partial charge in [-0.3, -0.25) is 4.79 Å². The van der Waals surface area contributed by atoms with Crippen LogP contribution >= 0.6 is 0 Å². The maximum atomic E-state index is 12.0. The molecule has 0 fully saturated rings. The Balaban J connectivity index is 1.88. The van der Waals surface area contributed by atoms with Crippen molar-refractivity contribution in [3.05, 3.63) is 35.7 Å². The van der Waals surface area contributed by atoms with Gasteiger partial charge in [0.2, 0.25) is 17.7 Å². The van der Waals surface area contributed by atoms with Crippen molar-refractivity contribution in [1.29, 1.82) is 0 Å². The Labute approximate surface area is 142 Å². The molecule has 2 aromatic rings. The summed E-state index contributed by atoms with van der Waals surface area (Å²) < 4.78 is 5.62. The van der Waals surface area contributed by atoms with Crippen molar-refractivity contribution in [2.24, 2.45) is 5.92 Å². The highest BCUT2D eigenvalue weighted by atomic mass is 16.4. The second-order valence-electron chi connectivity index (χ2n) is 6.30. The normalized spacial score (nSPS) is 12.4. The predicted molar refractivity (Wildman–Crippen MR) is 91.3 cm³/mol. The van der Waals surface area contributed by atoms with E-state index in [1.54, 1.807) is 0 Å². The number of aliphatic hydroxyl groups excluding tert-OH is 1. The molecular formula is C18H25N3O3. The van der Waals surface area contributed by atoms with Crippen LogP contribution in [-0.2, 0) is 11.2 Å². The maximum Gasteiger partial charge on any atom is 0.247 e. The Morgan fingerprint density at radius 2 is 1.96 bits per heavy atom. The van der Waals surface area contributed by atoms with Crippen LogP contribution in [0.25, 0.3) is 11.5 Å². The van der Waals surface area contributed by atoms with E-state index < -0.39 is 0 Å². The molecule has 0 bridgehead atoms. The number of carbonyl (C=O) groups is 1. The smallest absolute Gasteiger partial charge is 0.247 e. The molecule has 0 saturated heterocycles. The number of aromatic nitrogens is 2. The fraction of sp³-hybridized carbons (Fsp3) is 0.500. The largest absolute Gasteiger partial charge is 0.421 e. The molecule has 0 radical (unpaired) electrons. The lowest BCUT2D eigenvalue weighted by atomic mass is 10.0. The fourth-order valence-corrected chi connectivity index (χ4v) is 2.38. The molecule has 24 heavy (non-hydrogen) atoms. The average molecular weight is 331 g/mol. The summed E-state index contributed by atoms with van der Waals surface area (Å²) in [6.07, 6.45) is 1.24. The van der Waals surface area contributed by atoms with E-state index in [2.05, 4.69) is 15.5 Å². The summed E-state index contributed by atoms with van der Waals surface area (Å²) in [5.74, 6) is 1.12. The van der Waals surface area contributed by atoms with Crippen LogP contribution in [0, 0.1) is 12.8 Å². The highest BCUT2D eigenvalue weighted by Gasteiger charge is 2.16. The van der Waals surface area contributed by atoms with Gasteiger partial charge in [0.15, 0.2) is 0 Å². The Hall–Kier alpha value is -2.21. The summed E-state index contributed by atoms with van der Waals surface area (Å²) >= 11 is 0. The molecule has 6 heteroatoms. The molecule has 0 aliphatic heterocycles. The van der Waals surface area contributed by atoms with E-state index >= 15 is 0 Å². The van der Waals surface area contributed by atoms with Crippen LogP contribution in [0.15, 0.2) is 28.7 Å². The molecule has 0 aliphatic rings. The minimum atomic E-state index is -0.0720. The summed E-state index contributed by atoms with van der Waals surface area (Å²) in [5, 5.41) is 20.0. The Morgan fingerprint density at radius 1 is 1.25 bits per heavy atom. The molecule has 2 rings (SSSR count). The molecule has 6 nitrogen and oxygen atoms in total. The summed E-state index contributed by atoms with van der Waals surface area (Å²) in [6.45, 7) is 6.12. The van der Waals surface area contributed by atoms with Gasteiger partial charge in [0.05, 0.1) is 0 Å². The zero-order chi connectivity index (χ0) is 17.5. The molecule has 1 aromatic carbocycles. The fourth-order valence-electron chi connectivity index (χ4n) is 2.38. The predicted octanol–water partition coefficient (Wildman–Crippen LogP) is 2.50. The maximum absolute atomic E-state index is 12.0. The van der Waals surface area contributed by atoms with Gasteiger partial charge >= 0.3 is 0 Å². The molecule has 0 saturated carbocycles. The molecule has 130 valence electrons. The third-order valence-electron chi connectivity index (χ3n) is 3.92. The number of aliphatic hydroxyl groups is 1. The summed E-state index contributed by atoms with van der Waals surface area (Å²) in [6, 6.07) is 7.82. The highest BCUT2D eigenvalue weighted by Crippen LogP contribution is 2.18. The van der Waals surface area contributed by atoms with Crippen molar-refractivity contribution < 1.29 is 14.3 Å². The summed E-state index contributed by atoms with van der Waals surface area (Å²) in [4.78, 5) is 12.0. The average Bonchev–Trinajstić information content (AvgIpc) is 3.02. The van der Waals surface area contributed by atoms with E-state index in [1.807, 2.05) is 45.0 Å². The van der Waals surface area contributed by atoms with Crippen LogP contribution in [0.3, 0.4) is 0 Å². The number of aryl methyl sites for hydroxylation is 2. The van der Waals surface area contributed by atoms with Gasteiger partial charge in [-0.25, -0.2) is 0 Å². The van der Waals surface area contributed by atoms with Crippen LogP contribution in [-0.4, -0.2) is 33.9 Å². The molecule has 1 unspecified atom stereocenters. The van der Waals surface area contributed by atoms with Gasteiger partial charge in [-0.05, 0) is 31.4 Å². The van der Waals surface area contributed by atoms with Crippen LogP contribution in [0.5, 0.6) is 0 Å². The molecule has 1 aromatic heterocycles. The van der Waals surface area contributed by atoms with E-state index in [9.17, 15) is 4.79 Å². The lowest BCUT2D eigenvalue weighted by Crippen LogP contribution is -2.39. The van der Waals surface area contributed by atoms with Gasteiger partial charge in [-0.2, -0.15) is 0 Å². The Morgan fingerprint density at radius 3 is 2.58 bits per heavy atom. The van der Waals surface area contributed by atoms with Gasteiger partial charge in [-0.1, -0.05) is 31.5 Å². The first-order valence-electron chi connectivity index (χ1n) is 8.29. The van der Waals surface area contributed by atoms with E-state index in [0.717, 1.165) is 11.1 Å². The number of hydrogen-bond acceptors (Lipinski definition) is 5. The van der Waals surface area contributed by atoms with Crippen molar-refractivity contribution in [3.63, 3.8) is 0 Å². The van der Waals surface area contributed by atoms with Crippen LogP contribution in [0.4, 0.5) is 0 Å². The minimum Gasteiger partial charge on any atom is -0.421 e. The second kappa shape index (κ2) is 8.59. The SMILES string of the molecule is Cc1ccc(-c2nnc(CCC(=O)NC(CCO)C(C)C)o2)cc1. The van der Waals surface area contributed by atoms with E-state index in [4.69, 9.17) is 9.52 Å². The van der Waals surface area contributed by atoms with E-state index in [-0.39, 0.29) is 30.9 Å². The molecule has 1 heterocycles. The van der Waals surface area contributed by atoms with E-state index in [1.165, 1.54) is 0 Å². The molecule has 1 atom stereocenters. The number of rotatable bonds is 8. The molecule has 1 amide bonds. The van der Waals surface area contributed by atoms with Gasteiger partial charge in [0, 0.05) is 31.1 Å². The standard InChI is InChI=1S/C18H25N3O3/c1-12(2)15(10-11-22)19-16(23)8-9-17-20-21-18(24-17)14-6-4-13(3)5-7-14/h4-7,12,15,22H,8-11H2,1-3H3,(H,19,23). The highest BCUT2D eigenvalue weighted by molar-refractivity contribution is 5.76. The minimum absolute atomic E-state index is 0.0201. The second-order valence-corrected chi connectivity index (χ2v) is 6.30. The molecular weight excluding hydrogens is 306 g/mol. The zero-order valence-corrected chi connectivity index (χ0v) is 14.5. The quantitative estimate of drug-likeness (QED) is 0.776. The number of nitrogens with zero attached hydrogens (tertiary/aromatic N) is 2. The monoisotopic (exact) mass is 331 g/mol. The van der Waals surface area contributed by atoms with Gasteiger partial charge in [-0.15, -0.1) is 10.2 Å². The van der Waals surface area contributed by atoms with Crippen molar-refractivity contribution in [1.82, 2.24) is 15.5 Å². The number of hydrogen-bond donors (Lipinski definition) is 2. The van der Waals surface area contributed by atoms with Gasteiger partial charge in [0.1, 0.15) is 0 Å². The first-order chi connectivity index (χ1) is 11.5. The lowest BCUT2D eigenvalue weighted by molar-refractivity contribution is -0.122. The van der Waals surface area contributed by atoms with Crippen molar-refractivity contribution in [3.8, 4) is 11.5 Å². The van der Waals surface area contributed by atoms with Crippen molar-refractivity contribution in [2.75, 3.05) is 6.61 Å². The van der Waals surface area contributed by atoms with Gasteiger partial charge in [0.25, 0.3) is 0 Å².